The highest BCUT2D eigenvalue weighted by Crippen LogP contribution is 2.27. The number of ketones is 1. The van der Waals surface area contributed by atoms with E-state index in [0.717, 1.165) is 16.7 Å². The third kappa shape index (κ3) is 4.61. The maximum atomic E-state index is 13.0. The molecule has 1 amide bonds. The first-order valence-electron chi connectivity index (χ1n) is 8.80. The van der Waals surface area contributed by atoms with E-state index in [1.807, 2.05) is 32.0 Å². The zero-order valence-corrected chi connectivity index (χ0v) is 17.1. The predicted molar refractivity (Wildman–Crippen MR) is 115 cm³/mol. The first kappa shape index (κ1) is 20.1. The molecule has 0 radical (unpaired) electrons. The van der Waals surface area contributed by atoms with Gasteiger partial charge in [0.2, 0.25) is 5.91 Å². The second-order valence-corrected chi connectivity index (χ2v) is 7.50. The molecule has 28 heavy (non-hydrogen) atoms. The summed E-state index contributed by atoms with van der Waals surface area (Å²) < 4.78 is 0. The summed E-state index contributed by atoms with van der Waals surface area (Å²) in [6, 6.07) is 17.6. The van der Waals surface area contributed by atoms with E-state index in [1.54, 1.807) is 42.5 Å². The molecule has 0 aliphatic carbocycles. The Morgan fingerprint density at radius 1 is 0.893 bits per heavy atom. The van der Waals surface area contributed by atoms with Crippen molar-refractivity contribution in [3.05, 3.63) is 98.5 Å². The molecule has 0 atom stereocenters. The van der Waals surface area contributed by atoms with E-state index in [9.17, 15) is 9.59 Å². The van der Waals surface area contributed by atoms with Crippen molar-refractivity contribution in [1.82, 2.24) is 0 Å². The van der Waals surface area contributed by atoms with Gasteiger partial charge in [-0.2, -0.15) is 0 Å². The largest absolute Gasteiger partial charge is 0.325 e. The van der Waals surface area contributed by atoms with Crippen LogP contribution >= 0.6 is 23.2 Å². The second-order valence-electron chi connectivity index (χ2n) is 6.65. The van der Waals surface area contributed by atoms with Crippen LogP contribution in [0.25, 0.3) is 0 Å². The summed E-state index contributed by atoms with van der Waals surface area (Å²) in [7, 11) is 0. The number of carbonyl (C=O) groups is 2. The van der Waals surface area contributed by atoms with Gasteiger partial charge in [0, 0.05) is 16.1 Å². The quantitative estimate of drug-likeness (QED) is 0.521. The van der Waals surface area contributed by atoms with E-state index in [2.05, 4.69) is 5.32 Å². The molecule has 0 aliphatic heterocycles. The number of halogens is 2. The number of carbonyl (C=O) groups excluding carboxylic acids is 2. The monoisotopic (exact) mass is 411 g/mol. The van der Waals surface area contributed by atoms with Gasteiger partial charge in [0.05, 0.1) is 17.1 Å². The Balaban J connectivity index is 1.88. The molecule has 0 saturated heterocycles. The van der Waals surface area contributed by atoms with Crippen molar-refractivity contribution in [3.63, 3.8) is 0 Å². The highest BCUT2D eigenvalue weighted by molar-refractivity contribution is 6.36. The van der Waals surface area contributed by atoms with E-state index in [-0.39, 0.29) is 18.1 Å². The molecule has 3 nitrogen and oxygen atoms in total. The van der Waals surface area contributed by atoms with Crippen LogP contribution in [0, 0.1) is 13.8 Å². The molecule has 0 unspecified atom stereocenters. The summed E-state index contributed by atoms with van der Waals surface area (Å²) in [5, 5.41) is 3.59. The zero-order chi connectivity index (χ0) is 20.3. The molecule has 3 rings (SSSR count). The number of benzene rings is 3. The highest BCUT2D eigenvalue weighted by atomic mass is 35.5. The molecule has 142 valence electrons. The van der Waals surface area contributed by atoms with Crippen LogP contribution in [-0.2, 0) is 11.2 Å². The molecular formula is C23H19Cl2NO2. The average molecular weight is 412 g/mol. The lowest BCUT2D eigenvalue weighted by Crippen LogP contribution is -2.17. The van der Waals surface area contributed by atoms with E-state index in [4.69, 9.17) is 23.2 Å². The highest BCUT2D eigenvalue weighted by Gasteiger charge is 2.18. The van der Waals surface area contributed by atoms with Crippen molar-refractivity contribution in [1.29, 1.82) is 0 Å². The number of amides is 1. The van der Waals surface area contributed by atoms with E-state index < -0.39 is 0 Å². The first-order valence-corrected chi connectivity index (χ1v) is 9.55. The molecular weight excluding hydrogens is 393 g/mol. The third-order valence-electron chi connectivity index (χ3n) is 4.47. The zero-order valence-electron chi connectivity index (χ0n) is 15.6. The summed E-state index contributed by atoms with van der Waals surface area (Å²) in [6.07, 6.45) is 0.218. The Hall–Kier alpha value is -2.62. The van der Waals surface area contributed by atoms with Gasteiger partial charge in [0.1, 0.15) is 0 Å². The second kappa shape index (κ2) is 8.59. The van der Waals surface area contributed by atoms with Gasteiger partial charge in [-0.05, 0) is 55.3 Å². The molecule has 0 heterocycles. The van der Waals surface area contributed by atoms with Gasteiger partial charge < -0.3 is 5.32 Å². The molecule has 0 aliphatic rings. The van der Waals surface area contributed by atoms with Gasteiger partial charge in [-0.3, -0.25) is 9.59 Å². The normalized spacial score (nSPS) is 10.6. The Kier molecular flexibility index (Phi) is 6.18. The van der Waals surface area contributed by atoms with Crippen LogP contribution < -0.4 is 5.32 Å². The summed E-state index contributed by atoms with van der Waals surface area (Å²) >= 11 is 12.3. The lowest BCUT2D eigenvalue weighted by molar-refractivity contribution is -0.115. The van der Waals surface area contributed by atoms with Crippen molar-refractivity contribution < 1.29 is 9.59 Å². The van der Waals surface area contributed by atoms with Crippen molar-refractivity contribution >= 4 is 40.6 Å². The number of hydrogen-bond donors (Lipinski definition) is 1. The number of rotatable bonds is 5. The Morgan fingerprint density at radius 3 is 2.39 bits per heavy atom. The van der Waals surface area contributed by atoms with Crippen LogP contribution in [0.15, 0.2) is 60.7 Å². The molecule has 0 spiro atoms. The number of anilines is 1. The Morgan fingerprint density at radius 2 is 1.64 bits per heavy atom. The molecule has 5 heteroatoms. The summed E-state index contributed by atoms with van der Waals surface area (Å²) in [5.41, 5.74) is 4.15. The SMILES string of the molecule is Cc1ccc(C)c(CC(=O)Nc2ccc(Cl)cc2C(=O)c2ccccc2Cl)c1. The van der Waals surface area contributed by atoms with Crippen molar-refractivity contribution in [2.24, 2.45) is 0 Å². The minimum Gasteiger partial charge on any atom is -0.325 e. The van der Waals surface area contributed by atoms with Crippen molar-refractivity contribution in [2.45, 2.75) is 20.3 Å². The molecule has 3 aromatic rings. The number of hydrogen-bond acceptors (Lipinski definition) is 2. The standard InChI is InChI=1S/C23H19Cl2NO2/c1-14-7-8-15(2)16(11-14)12-22(27)26-21-10-9-17(24)13-19(21)23(28)18-5-3-4-6-20(18)25/h3-11,13H,12H2,1-2H3,(H,26,27). The number of aryl methyl sites for hydroxylation is 2. The van der Waals surface area contributed by atoms with Crippen LogP contribution in [0.5, 0.6) is 0 Å². The Bertz CT molecular complexity index is 1060. The molecule has 0 saturated carbocycles. The maximum absolute atomic E-state index is 13.0. The van der Waals surface area contributed by atoms with E-state index >= 15 is 0 Å². The van der Waals surface area contributed by atoms with Gasteiger partial charge in [0.25, 0.3) is 0 Å². The molecule has 0 bridgehead atoms. The van der Waals surface area contributed by atoms with Crippen LogP contribution in [0.4, 0.5) is 5.69 Å². The Labute approximate surface area is 174 Å². The molecule has 0 aromatic heterocycles. The third-order valence-corrected chi connectivity index (χ3v) is 5.04. The van der Waals surface area contributed by atoms with Crippen LogP contribution in [0.3, 0.4) is 0 Å². The van der Waals surface area contributed by atoms with E-state index in [0.29, 0.717) is 26.9 Å². The van der Waals surface area contributed by atoms with Crippen LogP contribution in [0.2, 0.25) is 10.0 Å². The van der Waals surface area contributed by atoms with Gasteiger partial charge in [-0.1, -0.05) is 59.1 Å². The van der Waals surface area contributed by atoms with Gasteiger partial charge in [0.15, 0.2) is 5.78 Å². The summed E-state index contributed by atoms with van der Waals surface area (Å²) in [6.45, 7) is 3.96. The lowest BCUT2D eigenvalue weighted by atomic mass is 10.0. The number of nitrogens with one attached hydrogen (secondary N) is 1. The smallest absolute Gasteiger partial charge is 0.228 e. The van der Waals surface area contributed by atoms with Crippen LogP contribution in [0.1, 0.15) is 32.6 Å². The molecule has 3 aromatic carbocycles. The minimum atomic E-state index is -0.296. The van der Waals surface area contributed by atoms with E-state index in [1.165, 1.54) is 0 Å². The summed E-state index contributed by atoms with van der Waals surface area (Å²) in [4.78, 5) is 25.6. The fourth-order valence-electron chi connectivity index (χ4n) is 2.96. The first-order chi connectivity index (χ1) is 13.3. The average Bonchev–Trinajstić information content (AvgIpc) is 2.66. The maximum Gasteiger partial charge on any atom is 0.228 e. The van der Waals surface area contributed by atoms with Gasteiger partial charge >= 0.3 is 0 Å². The minimum absolute atomic E-state index is 0.204. The summed E-state index contributed by atoms with van der Waals surface area (Å²) in [5.74, 6) is -0.501. The van der Waals surface area contributed by atoms with Gasteiger partial charge in [-0.15, -0.1) is 0 Å². The lowest BCUT2D eigenvalue weighted by Gasteiger charge is -2.13. The predicted octanol–water partition coefficient (Wildman–Crippen LogP) is 6.02. The van der Waals surface area contributed by atoms with Gasteiger partial charge in [-0.25, -0.2) is 0 Å². The molecule has 1 N–H and O–H groups in total. The fraction of sp³-hybridized carbons (Fsp3) is 0.130. The van der Waals surface area contributed by atoms with Crippen molar-refractivity contribution in [3.8, 4) is 0 Å². The van der Waals surface area contributed by atoms with Crippen molar-refractivity contribution in [2.75, 3.05) is 5.32 Å². The molecule has 0 fully saturated rings. The fourth-order valence-corrected chi connectivity index (χ4v) is 3.36. The topological polar surface area (TPSA) is 46.2 Å². The van der Waals surface area contributed by atoms with Crippen LogP contribution in [-0.4, -0.2) is 11.7 Å².